The molecule has 1 atom stereocenters. The van der Waals surface area contributed by atoms with Gasteiger partial charge in [-0.05, 0) is 120 Å². The number of benzene rings is 3. The topological polar surface area (TPSA) is 80.5 Å². The zero-order valence-electron chi connectivity index (χ0n) is 29.4. The van der Waals surface area contributed by atoms with Crippen LogP contribution in [0, 0.1) is 12.8 Å². The summed E-state index contributed by atoms with van der Waals surface area (Å²) in [6.07, 6.45) is 5.21. The fourth-order valence-corrected chi connectivity index (χ4v) is 8.82. The average Bonchev–Trinajstić information content (AvgIpc) is 3.60. The maximum absolute atomic E-state index is 12.8. The lowest BCUT2D eigenvalue weighted by atomic mass is 9.86. The highest BCUT2D eigenvalue weighted by molar-refractivity contribution is 7.22. The number of fused-ring (bicyclic) bond motifs is 2. The summed E-state index contributed by atoms with van der Waals surface area (Å²) in [6, 6.07) is 17.1. The Morgan fingerprint density at radius 1 is 1.04 bits per heavy atom. The van der Waals surface area contributed by atoms with E-state index in [1.165, 1.54) is 35.9 Å². The summed E-state index contributed by atoms with van der Waals surface area (Å²) in [4.78, 5) is 20.7. The molecule has 1 saturated carbocycles. The van der Waals surface area contributed by atoms with E-state index in [1.54, 1.807) is 11.3 Å². The van der Waals surface area contributed by atoms with Crippen molar-refractivity contribution in [3.63, 3.8) is 0 Å². The molecule has 1 N–H and O–H groups in total. The van der Waals surface area contributed by atoms with Crippen LogP contribution in [0.25, 0.3) is 42.8 Å². The smallest absolute Gasteiger partial charge is 0.337 e. The number of aliphatic carboxylic acids is 1. The quantitative estimate of drug-likeness (QED) is 0.165. The van der Waals surface area contributed by atoms with Gasteiger partial charge in [-0.3, -0.25) is 4.68 Å². The molecule has 49 heavy (non-hydrogen) atoms. The van der Waals surface area contributed by atoms with E-state index >= 15 is 0 Å². The van der Waals surface area contributed by atoms with Gasteiger partial charge in [-0.2, -0.15) is 5.10 Å². The molecule has 3 heterocycles. The van der Waals surface area contributed by atoms with Gasteiger partial charge in [0.05, 0.1) is 27.0 Å². The number of hydrogen-bond acceptors (Lipinski definition) is 6. The van der Waals surface area contributed by atoms with E-state index in [1.807, 2.05) is 58.0 Å². The van der Waals surface area contributed by atoms with Crippen LogP contribution in [-0.2, 0) is 16.1 Å². The van der Waals surface area contributed by atoms with Crippen molar-refractivity contribution < 1.29 is 14.6 Å². The number of aryl methyl sites for hydroxylation is 1. The van der Waals surface area contributed by atoms with E-state index in [0.29, 0.717) is 22.4 Å². The monoisotopic (exact) mass is 698 g/mol. The molecule has 0 amide bonds. The number of halogens is 1. The maximum atomic E-state index is 12.8. The summed E-state index contributed by atoms with van der Waals surface area (Å²) >= 11 is 7.91. The minimum absolute atomic E-state index is 0.440. The number of carboxylic acids is 1. The molecule has 0 radical (unpaired) electrons. The van der Waals surface area contributed by atoms with E-state index in [2.05, 4.69) is 41.6 Å². The van der Waals surface area contributed by atoms with Crippen molar-refractivity contribution in [1.29, 1.82) is 0 Å². The summed E-state index contributed by atoms with van der Waals surface area (Å²) in [6.45, 7) is 15.3. The Labute approximate surface area is 298 Å². The lowest BCUT2D eigenvalue weighted by Gasteiger charge is -2.41. The van der Waals surface area contributed by atoms with Crippen molar-refractivity contribution in [2.24, 2.45) is 5.92 Å². The van der Waals surface area contributed by atoms with Crippen LogP contribution >= 0.6 is 22.9 Å². The molecule has 2 aromatic heterocycles. The number of carboxylic acid groups (broad SMARTS) is 1. The first kappa shape index (κ1) is 34.2. The van der Waals surface area contributed by atoms with Gasteiger partial charge in [0, 0.05) is 45.6 Å². The van der Waals surface area contributed by atoms with Gasteiger partial charge in [-0.25, -0.2) is 9.78 Å². The molecule has 0 bridgehead atoms. The van der Waals surface area contributed by atoms with Crippen LogP contribution in [0.2, 0.25) is 5.02 Å². The summed E-state index contributed by atoms with van der Waals surface area (Å²) in [5.41, 5.74) is 6.80. The van der Waals surface area contributed by atoms with Gasteiger partial charge >= 0.3 is 5.97 Å². The molecule has 0 spiro atoms. The first-order valence-corrected chi connectivity index (χ1v) is 18.9. The van der Waals surface area contributed by atoms with Crippen molar-refractivity contribution >= 4 is 50.0 Å². The van der Waals surface area contributed by atoms with E-state index in [0.717, 1.165) is 76.0 Å². The molecule has 7 nitrogen and oxygen atoms in total. The Morgan fingerprint density at radius 3 is 2.35 bits per heavy atom. The second-order valence-electron chi connectivity index (χ2n) is 15.4. The highest BCUT2D eigenvalue weighted by Crippen LogP contribution is 2.45. The molecule has 9 heteroatoms. The third-order valence-electron chi connectivity index (χ3n) is 10.1. The summed E-state index contributed by atoms with van der Waals surface area (Å²) in [5, 5.41) is 18.5. The second kappa shape index (κ2) is 13.4. The van der Waals surface area contributed by atoms with Gasteiger partial charge in [0.25, 0.3) is 0 Å². The third-order valence-corrected chi connectivity index (χ3v) is 11.5. The predicted molar refractivity (Wildman–Crippen MR) is 201 cm³/mol. The van der Waals surface area contributed by atoms with Crippen LogP contribution in [0.1, 0.15) is 95.6 Å². The van der Waals surface area contributed by atoms with Crippen LogP contribution in [-0.4, -0.2) is 55.5 Å². The zero-order valence-corrected chi connectivity index (χ0v) is 31.0. The molecular weight excluding hydrogens is 652 g/mol. The number of likely N-dealkylation sites (tertiary alicyclic amines) is 1. The number of ether oxygens (including phenoxy) is 1. The Balaban J connectivity index is 1.35. The van der Waals surface area contributed by atoms with E-state index in [9.17, 15) is 9.90 Å². The van der Waals surface area contributed by atoms with E-state index < -0.39 is 17.7 Å². The Hall–Kier alpha value is -3.30. The Kier molecular flexibility index (Phi) is 9.37. The molecule has 0 unspecified atom stereocenters. The zero-order chi connectivity index (χ0) is 34.6. The SMILES string of the molecule is Cc1cc2nc(-c3ccc4c(c3)c(C3CCN(C5CCC5)CC3)nn4CC(C)C)sc2c(-c2ccc(Cl)cc2)c1[C@H](OC(C)(C)C)C(=O)O. The van der Waals surface area contributed by atoms with Gasteiger partial charge in [0.1, 0.15) is 5.01 Å². The van der Waals surface area contributed by atoms with Gasteiger partial charge in [-0.1, -0.05) is 44.0 Å². The number of hydrogen-bond donors (Lipinski definition) is 1. The summed E-state index contributed by atoms with van der Waals surface area (Å²) in [7, 11) is 0. The van der Waals surface area contributed by atoms with Crippen LogP contribution in [0.5, 0.6) is 0 Å². The van der Waals surface area contributed by atoms with Gasteiger partial charge in [0.2, 0.25) is 0 Å². The molecule has 1 saturated heterocycles. The number of nitrogens with zero attached hydrogens (tertiary/aromatic N) is 4. The predicted octanol–water partition coefficient (Wildman–Crippen LogP) is 10.3. The molecule has 7 rings (SSSR count). The number of aromatic nitrogens is 3. The molecule has 2 aliphatic rings. The highest BCUT2D eigenvalue weighted by atomic mass is 35.5. The van der Waals surface area contributed by atoms with Crippen LogP contribution in [0.4, 0.5) is 0 Å². The fourth-order valence-electron chi connectivity index (χ4n) is 7.58. The van der Waals surface area contributed by atoms with Crippen molar-refractivity contribution in [2.75, 3.05) is 13.1 Å². The summed E-state index contributed by atoms with van der Waals surface area (Å²) in [5.74, 6) is -0.0939. The Morgan fingerprint density at radius 2 is 1.73 bits per heavy atom. The highest BCUT2D eigenvalue weighted by Gasteiger charge is 2.33. The van der Waals surface area contributed by atoms with Crippen LogP contribution in [0.3, 0.4) is 0 Å². The number of carbonyl (C=O) groups is 1. The molecule has 5 aromatic rings. The maximum Gasteiger partial charge on any atom is 0.337 e. The molecule has 258 valence electrons. The van der Waals surface area contributed by atoms with Gasteiger partial charge < -0.3 is 14.7 Å². The number of piperidine rings is 1. The van der Waals surface area contributed by atoms with Crippen molar-refractivity contribution in [1.82, 2.24) is 19.7 Å². The molecule has 2 fully saturated rings. The molecule has 1 aliphatic carbocycles. The fraction of sp³-hybridized carbons (Fsp3) is 0.475. The minimum Gasteiger partial charge on any atom is -0.479 e. The minimum atomic E-state index is -1.15. The first-order valence-electron chi connectivity index (χ1n) is 17.7. The summed E-state index contributed by atoms with van der Waals surface area (Å²) < 4.78 is 9.36. The normalized spacial score (nSPS) is 17.3. The number of thiazole rings is 1. The average molecular weight is 699 g/mol. The number of rotatable bonds is 9. The van der Waals surface area contributed by atoms with E-state index in [-0.39, 0.29) is 0 Å². The lowest BCUT2D eigenvalue weighted by molar-refractivity contribution is -0.160. The van der Waals surface area contributed by atoms with Crippen molar-refractivity contribution in [2.45, 2.75) is 104 Å². The van der Waals surface area contributed by atoms with Crippen molar-refractivity contribution in [3.05, 3.63) is 70.4 Å². The molecule has 3 aromatic carbocycles. The van der Waals surface area contributed by atoms with Crippen LogP contribution < -0.4 is 0 Å². The van der Waals surface area contributed by atoms with Gasteiger partial charge in [-0.15, -0.1) is 11.3 Å². The standard InChI is InChI=1S/C40H47ClN4O3S/c1-23(2)22-45-32-15-12-27(21-30(32)35(43-45)26-16-18-44(19-17-26)29-8-7-9-29)38-42-31-20-24(3)33(36(39(46)47)48-40(4,5)6)34(37(31)49-38)25-10-13-28(41)14-11-25/h10-15,20-21,23,26,29,36H,7-9,16-19,22H2,1-6H3,(H,46,47)/t36-/m0/s1. The molecular formula is C40H47ClN4O3S. The van der Waals surface area contributed by atoms with Gasteiger partial charge in [0.15, 0.2) is 6.10 Å². The second-order valence-corrected chi connectivity index (χ2v) is 16.8. The third kappa shape index (κ3) is 6.90. The Bertz CT molecular complexity index is 2000. The molecule has 1 aliphatic heterocycles. The first-order chi connectivity index (χ1) is 23.4. The van der Waals surface area contributed by atoms with E-state index in [4.69, 9.17) is 26.4 Å². The lowest BCUT2D eigenvalue weighted by Crippen LogP contribution is -2.44. The largest absolute Gasteiger partial charge is 0.479 e. The van der Waals surface area contributed by atoms with Crippen molar-refractivity contribution in [3.8, 4) is 21.7 Å². The van der Waals surface area contributed by atoms with Crippen LogP contribution in [0.15, 0.2) is 48.5 Å².